The zero-order valence-corrected chi connectivity index (χ0v) is 16.0. The van der Waals surface area contributed by atoms with E-state index >= 15 is 0 Å². The van der Waals surface area contributed by atoms with Crippen LogP contribution in [-0.2, 0) is 4.79 Å². The highest BCUT2D eigenvalue weighted by Gasteiger charge is 2.06. The monoisotopic (exact) mass is 380 g/mol. The Morgan fingerprint density at radius 3 is 2.48 bits per heavy atom. The number of carbonyl (C=O) groups is 1. The van der Waals surface area contributed by atoms with Crippen LogP contribution >= 0.6 is 11.3 Å². The van der Waals surface area contributed by atoms with Crippen molar-refractivity contribution in [3.63, 3.8) is 0 Å². The van der Waals surface area contributed by atoms with Crippen molar-refractivity contribution in [3.05, 3.63) is 65.6 Å². The Balaban J connectivity index is 1.60. The molecule has 0 aliphatic heterocycles. The molecule has 3 aromatic rings. The van der Waals surface area contributed by atoms with E-state index in [2.05, 4.69) is 10.3 Å². The standard InChI is InChI=1S/C21H20N2O3S/c1-3-26-18-9-4-15(5-10-18)6-13-20(24)23-21-22-19(14-27-21)16-7-11-17(25-2)12-8-16/h4-14H,3H2,1-2H3,(H,22,23,24). The molecule has 3 rings (SSSR count). The molecule has 0 radical (unpaired) electrons. The maximum Gasteiger partial charge on any atom is 0.250 e. The number of benzene rings is 2. The van der Waals surface area contributed by atoms with Crippen LogP contribution in [0.4, 0.5) is 5.13 Å². The Morgan fingerprint density at radius 1 is 1.11 bits per heavy atom. The molecule has 0 saturated heterocycles. The van der Waals surface area contributed by atoms with Crippen LogP contribution < -0.4 is 14.8 Å². The number of nitrogens with zero attached hydrogens (tertiary/aromatic N) is 1. The lowest BCUT2D eigenvalue weighted by atomic mass is 10.2. The molecule has 0 spiro atoms. The van der Waals surface area contributed by atoms with Gasteiger partial charge in [0.05, 0.1) is 19.4 Å². The van der Waals surface area contributed by atoms with Crippen LogP contribution in [0.2, 0.25) is 0 Å². The Bertz CT molecular complexity index is 915. The van der Waals surface area contributed by atoms with Crippen LogP contribution in [0.25, 0.3) is 17.3 Å². The lowest BCUT2D eigenvalue weighted by Gasteiger charge is -2.02. The predicted octanol–water partition coefficient (Wildman–Crippen LogP) is 4.87. The molecule has 1 aromatic heterocycles. The Labute approximate surface area is 162 Å². The second-order valence-corrected chi connectivity index (χ2v) is 6.45. The fourth-order valence-electron chi connectivity index (χ4n) is 2.39. The predicted molar refractivity (Wildman–Crippen MR) is 109 cm³/mol. The molecule has 0 aliphatic rings. The molecule has 27 heavy (non-hydrogen) atoms. The molecule has 0 bridgehead atoms. The number of carbonyl (C=O) groups excluding carboxylic acids is 1. The Hall–Kier alpha value is -3.12. The number of thiazole rings is 1. The second kappa shape index (κ2) is 9.00. The largest absolute Gasteiger partial charge is 0.497 e. The van der Waals surface area contributed by atoms with E-state index in [4.69, 9.17) is 9.47 Å². The van der Waals surface area contributed by atoms with Crippen molar-refractivity contribution in [3.8, 4) is 22.8 Å². The van der Waals surface area contributed by atoms with Crippen molar-refractivity contribution >= 4 is 28.5 Å². The van der Waals surface area contributed by atoms with Gasteiger partial charge in [0, 0.05) is 17.0 Å². The van der Waals surface area contributed by atoms with Gasteiger partial charge < -0.3 is 9.47 Å². The smallest absolute Gasteiger partial charge is 0.250 e. The minimum atomic E-state index is -0.223. The fraction of sp³-hybridized carbons (Fsp3) is 0.143. The summed E-state index contributed by atoms with van der Waals surface area (Å²) in [6.07, 6.45) is 3.24. The van der Waals surface area contributed by atoms with Crippen molar-refractivity contribution in [1.29, 1.82) is 0 Å². The van der Waals surface area contributed by atoms with Gasteiger partial charge in [0.2, 0.25) is 5.91 Å². The molecule has 6 heteroatoms. The summed E-state index contributed by atoms with van der Waals surface area (Å²) in [7, 11) is 1.63. The molecule has 5 nitrogen and oxygen atoms in total. The van der Waals surface area contributed by atoms with E-state index in [9.17, 15) is 4.79 Å². The van der Waals surface area contributed by atoms with Crippen LogP contribution in [0.15, 0.2) is 60.0 Å². The molecule has 0 fully saturated rings. The number of ether oxygens (including phenoxy) is 2. The zero-order valence-electron chi connectivity index (χ0n) is 15.1. The number of aromatic nitrogens is 1. The van der Waals surface area contributed by atoms with Gasteiger partial charge in [0.25, 0.3) is 0 Å². The topological polar surface area (TPSA) is 60.5 Å². The maximum atomic E-state index is 12.1. The summed E-state index contributed by atoms with van der Waals surface area (Å²) in [6.45, 7) is 2.57. The van der Waals surface area contributed by atoms with Crippen LogP contribution in [-0.4, -0.2) is 24.6 Å². The Morgan fingerprint density at radius 2 is 1.81 bits per heavy atom. The molecular formula is C21H20N2O3S. The highest BCUT2D eigenvalue weighted by Crippen LogP contribution is 2.26. The number of amides is 1. The van der Waals surface area contributed by atoms with Gasteiger partial charge in [-0.25, -0.2) is 4.98 Å². The lowest BCUT2D eigenvalue weighted by molar-refractivity contribution is -0.111. The van der Waals surface area contributed by atoms with E-state index in [0.29, 0.717) is 11.7 Å². The summed E-state index contributed by atoms with van der Waals surface area (Å²) in [5.74, 6) is 1.38. The highest BCUT2D eigenvalue weighted by molar-refractivity contribution is 7.14. The highest BCUT2D eigenvalue weighted by atomic mass is 32.1. The van der Waals surface area contributed by atoms with Crippen molar-refractivity contribution in [2.75, 3.05) is 19.0 Å². The van der Waals surface area contributed by atoms with Gasteiger partial charge in [-0.2, -0.15) is 0 Å². The van der Waals surface area contributed by atoms with Gasteiger partial charge in [-0.05, 0) is 55.0 Å². The van der Waals surface area contributed by atoms with E-state index in [0.717, 1.165) is 28.3 Å². The van der Waals surface area contributed by atoms with Crippen LogP contribution in [0.5, 0.6) is 11.5 Å². The van der Waals surface area contributed by atoms with E-state index in [1.54, 1.807) is 13.2 Å². The van der Waals surface area contributed by atoms with Gasteiger partial charge in [0.15, 0.2) is 5.13 Å². The molecular weight excluding hydrogens is 360 g/mol. The minimum Gasteiger partial charge on any atom is -0.497 e. The van der Waals surface area contributed by atoms with E-state index in [1.165, 1.54) is 17.4 Å². The fourth-order valence-corrected chi connectivity index (χ4v) is 3.11. The second-order valence-electron chi connectivity index (χ2n) is 5.59. The van der Waals surface area contributed by atoms with Crippen molar-refractivity contribution in [2.24, 2.45) is 0 Å². The number of methoxy groups -OCH3 is 1. The summed E-state index contributed by atoms with van der Waals surface area (Å²) in [6, 6.07) is 15.2. The quantitative estimate of drug-likeness (QED) is 0.594. The van der Waals surface area contributed by atoms with Crippen molar-refractivity contribution < 1.29 is 14.3 Å². The zero-order chi connectivity index (χ0) is 19.1. The molecule has 0 unspecified atom stereocenters. The van der Waals surface area contributed by atoms with Gasteiger partial charge in [-0.1, -0.05) is 12.1 Å². The van der Waals surface area contributed by atoms with Crippen LogP contribution in [0, 0.1) is 0 Å². The summed E-state index contributed by atoms with van der Waals surface area (Å²) in [5.41, 5.74) is 2.71. The van der Waals surface area contributed by atoms with Gasteiger partial charge in [-0.3, -0.25) is 10.1 Å². The SMILES string of the molecule is CCOc1ccc(C=CC(=O)Nc2nc(-c3ccc(OC)cc3)cs2)cc1. The van der Waals surface area contributed by atoms with Gasteiger partial charge >= 0.3 is 0 Å². The van der Waals surface area contributed by atoms with Crippen LogP contribution in [0.3, 0.4) is 0 Å². The number of anilines is 1. The first-order chi connectivity index (χ1) is 13.2. The van der Waals surface area contributed by atoms with E-state index in [-0.39, 0.29) is 5.91 Å². The third-order valence-electron chi connectivity index (χ3n) is 3.74. The van der Waals surface area contributed by atoms with Gasteiger partial charge in [0.1, 0.15) is 11.5 Å². The molecule has 1 N–H and O–H groups in total. The number of hydrogen-bond donors (Lipinski definition) is 1. The molecule has 0 atom stereocenters. The summed E-state index contributed by atoms with van der Waals surface area (Å²) >= 11 is 1.39. The molecule has 0 saturated carbocycles. The van der Waals surface area contributed by atoms with Crippen molar-refractivity contribution in [1.82, 2.24) is 4.98 Å². The molecule has 138 valence electrons. The van der Waals surface area contributed by atoms with E-state index < -0.39 is 0 Å². The molecule has 1 amide bonds. The average molecular weight is 380 g/mol. The van der Waals surface area contributed by atoms with Crippen LogP contribution in [0.1, 0.15) is 12.5 Å². The van der Waals surface area contributed by atoms with Crippen molar-refractivity contribution in [2.45, 2.75) is 6.92 Å². The third kappa shape index (κ3) is 5.18. The first-order valence-corrected chi connectivity index (χ1v) is 9.38. The number of nitrogens with one attached hydrogen (secondary N) is 1. The number of hydrogen-bond acceptors (Lipinski definition) is 5. The molecule has 2 aromatic carbocycles. The number of rotatable bonds is 7. The summed E-state index contributed by atoms with van der Waals surface area (Å²) < 4.78 is 10.6. The van der Waals surface area contributed by atoms with Gasteiger partial charge in [-0.15, -0.1) is 11.3 Å². The molecule has 1 heterocycles. The maximum absolute atomic E-state index is 12.1. The summed E-state index contributed by atoms with van der Waals surface area (Å²) in [5, 5.41) is 5.26. The lowest BCUT2D eigenvalue weighted by Crippen LogP contribution is -2.07. The van der Waals surface area contributed by atoms with E-state index in [1.807, 2.05) is 60.8 Å². The first-order valence-electron chi connectivity index (χ1n) is 8.50. The Kier molecular flexibility index (Phi) is 6.22. The first kappa shape index (κ1) is 18.7. The normalized spacial score (nSPS) is 10.7. The molecule has 0 aliphatic carbocycles. The third-order valence-corrected chi connectivity index (χ3v) is 4.50. The summed E-state index contributed by atoms with van der Waals surface area (Å²) in [4.78, 5) is 16.6. The minimum absolute atomic E-state index is 0.223. The average Bonchev–Trinajstić information content (AvgIpc) is 3.16.